The molecule has 1 aromatic rings. The van der Waals surface area contributed by atoms with E-state index in [9.17, 15) is 9.59 Å². The van der Waals surface area contributed by atoms with Crippen LogP contribution in [0.1, 0.15) is 0 Å². The van der Waals surface area contributed by atoms with Crippen LogP contribution in [0.15, 0.2) is 22.7 Å². The first-order valence-corrected chi connectivity index (χ1v) is 5.38. The van der Waals surface area contributed by atoms with Crippen molar-refractivity contribution in [1.82, 2.24) is 0 Å². The zero-order valence-corrected chi connectivity index (χ0v) is 9.86. The number of carbonyl (C=O) groups is 2. The average Bonchev–Trinajstić information content (AvgIpc) is 2.22. The molecule has 0 saturated heterocycles. The molecule has 0 atom stereocenters. The highest BCUT2D eigenvalue weighted by Gasteiger charge is 2.26. The van der Waals surface area contributed by atoms with Gasteiger partial charge in [0, 0.05) is 4.47 Å². The summed E-state index contributed by atoms with van der Waals surface area (Å²) in [5, 5.41) is 0. The largest absolute Gasteiger partial charge is 0.482 e. The first kappa shape index (κ1) is 10.9. The predicted octanol–water partition coefficient (Wildman–Crippen LogP) is 0.660. The van der Waals surface area contributed by atoms with Gasteiger partial charge >= 0.3 is 0 Å². The second-order valence-electron chi connectivity index (χ2n) is 3.35. The lowest BCUT2D eigenvalue weighted by Crippen LogP contribution is -2.43. The van der Waals surface area contributed by atoms with Gasteiger partial charge in [-0.15, -0.1) is 0 Å². The highest BCUT2D eigenvalue weighted by molar-refractivity contribution is 9.10. The van der Waals surface area contributed by atoms with Crippen LogP contribution in [0.5, 0.6) is 5.75 Å². The van der Waals surface area contributed by atoms with Crippen LogP contribution >= 0.6 is 15.9 Å². The molecule has 0 aromatic heterocycles. The molecule has 0 radical (unpaired) electrons. The summed E-state index contributed by atoms with van der Waals surface area (Å²) in [4.78, 5) is 23.8. The quantitative estimate of drug-likeness (QED) is 0.867. The Hall–Kier alpha value is -1.56. The molecule has 2 rings (SSSR count). The van der Waals surface area contributed by atoms with Crippen molar-refractivity contribution in [1.29, 1.82) is 0 Å². The normalized spacial score (nSPS) is 14.3. The fraction of sp³-hybridized carbons (Fsp3) is 0.200. The number of nitrogens with zero attached hydrogens (tertiary/aromatic N) is 1. The Labute approximate surface area is 100 Å². The van der Waals surface area contributed by atoms with Gasteiger partial charge in [-0.2, -0.15) is 0 Å². The Bertz CT molecular complexity index is 461. The first-order valence-electron chi connectivity index (χ1n) is 4.59. The van der Waals surface area contributed by atoms with Crippen molar-refractivity contribution >= 4 is 33.4 Å². The molecule has 16 heavy (non-hydrogen) atoms. The van der Waals surface area contributed by atoms with E-state index in [0.29, 0.717) is 11.4 Å². The van der Waals surface area contributed by atoms with Crippen LogP contribution in [-0.4, -0.2) is 25.0 Å². The van der Waals surface area contributed by atoms with E-state index in [1.54, 1.807) is 18.2 Å². The summed E-state index contributed by atoms with van der Waals surface area (Å²) in [6, 6.07) is 5.23. The Morgan fingerprint density at radius 1 is 1.56 bits per heavy atom. The van der Waals surface area contributed by atoms with Crippen molar-refractivity contribution < 1.29 is 14.3 Å². The van der Waals surface area contributed by atoms with Crippen LogP contribution < -0.4 is 15.4 Å². The van der Waals surface area contributed by atoms with Crippen molar-refractivity contribution in [2.75, 3.05) is 18.1 Å². The maximum Gasteiger partial charge on any atom is 0.265 e. The lowest BCUT2D eigenvalue weighted by Gasteiger charge is -2.28. The summed E-state index contributed by atoms with van der Waals surface area (Å²) in [5.41, 5.74) is 5.66. The van der Waals surface area contributed by atoms with Gasteiger partial charge in [-0.1, -0.05) is 15.9 Å². The number of halogens is 1. The van der Waals surface area contributed by atoms with Crippen molar-refractivity contribution in [2.24, 2.45) is 5.73 Å². The summed E-state index contributed by atoms with van der Waals surface area (Å²) < 4.78 is 6.10. The molecule has 0 unspecified atom stereocenters. The van der Waals surface area contributed by atoms with Crippen LogP contribution in [0.3, 0.4) is 0 Å². The number of benzene rings is 1. The van der Waals surface area contributed by atoms with E-state index in [-0.39, 0.29) is 19.1 Å². The van der Waals surface area contributed by atoms with Gasteiger partial charge in [0.1, 0.15) is 12.3 Å². The van der Waals surface area contributed by atoms with Gasteiger partial charge in [-0.05, 0) is 18.2 Å². The summed E-state index contributed by atoms with van der Waals surface area (Å²) in [7, 11) is 0. The smallest absolute Gasteiger partial charge is 0.265 e. The molecular formula is C10H9BrN2O3. The number of rotatable bonds is 2. The summed E-state index contributed by atoms with van der Waals surface area (Å²) in [5.74, 6) is -0.257. The second kappa shape index (κ2) is 4.13. The molecule has 0 spiro atoms. The van der Waals surface area contributed by atoms with Crippen molar-refractivity contribution in [2.45, 2.75) is 0 Å². The standard InChI is InChI=1S/C10H9BrN2O3/c11-6-1-2-7-8(3-6)16-5-10(15)13(7)4-9(12)14/h1-3H,4-5H2,(H2,12,14). The third-order valence-corrected chi connectivity index (χ3v) is 2.67. The molecule has 0 bridgehead atoms. The number of primary amides is 1. The fourth-order valence-electron chi connectivity index (χ4n) is 1.51. The number of ether oxygens (including phenoxy) is 1. The van der Waals surface area contributed by atoms with Crippen molar-refractivity contribution in [3.63, 3.8) is 0 Å². The Morgan fingerprint density at radius 3 is 3.00 bits per heavy atom. The van der Waals surface area contributed by atoms with Gasteiger partial charge in [0.25, 0.3) is 5.91 Å². The molecule has 84 valence electrons. The number of carbonyl (C=O) groups excluding carboxylic acids is 2. The fourth-order valence-corrected chi connectivity index (χ4v) is 1.85. The van der Waals surface area contributed by atoms with Crippen molar-refractivity contribution in [3.8, 4) is 5.75 Å². The molecule has 1 aliphatic heterocycles. The Kier molecular flexibility index (Phi) is 2.82. The number of hydrogen-bond acceptors (Lipinski definition) is 3. The van der Waals surface area contributed by atoms with Gasteiger partial charge in [0.15, 0.2) is 6.61 Å². The molecule has 1 aromatic carbocycles. The number of nitrogens with two attached hydrogens (primary N) is 1. The monoisotopic (exact) mass is 284 g/mol. The number of hydrogen-bond donors (Lipinski definition) is 1. The van der Waals surface area contributed by atoms with E-state index in [2.05, 4.69) is 15.9 Å². The minimum Gasteiger partial charge on any atom is -0.482 e. The maximum absolute atomic E-state index is 11.6. The van der Waals surface area contributed by atoms with E-state index < -0.39 is 5.91 Å². The summed E-state index contributed by atoms with van der Waals surface area (Å²) >= 11 is 3.30. The predicted molar refractivity (Wildman–Crippen MR) is 61.2 cm³/mol. The van der Waals surface area contributed by atoms with Gasteiger partial charge in [0.2, 0.25) is 5.91 Å². The van der Waals surface area contributed by atoms with Gasteiger partial charge in [0.05, 0.1) is 5.69 Å². The number of fused-ring (bicyclic) bond motifs is 1. The molecule has 5 nitrogen and oxygen atoms in total. The molecule has 0 aliphatic carbocycles. The first-order chi connectivity index (χ1) is 7.58. The molecular weight excluding hydrogens is 276 g/mol. The average molecular weight is 285 g/mol. The zero-order chi connectivity index (χ0) is 11.7. The molecule has 2 N–H and O–H groups in total. The third kappa shape index (κ3) is 2.01. The summed E-state index contributed by atoms with van der Waals surface area (Å²) in [6.07, 6.45) is 0. The highest BCUT2D eigenvalue weighted by Crippen LogP contribution is 2.34. The molecule has 1 heterocycles. The van der Waals surface area contributed by atoms with E-state index in [4.69, 9.17) is 10.5 Å². The SMILES string of the molecule is NC(=O)CN1C(=O)COc2cc(Br)ccc21. The molecule has 6 heteroatoms. The van der Waals surface area contributed by atoms with Crippen LogP contribution in [0.25, 0.3) is 0 Å². The molecule has 0 saturated carbocycles. The van der Waals surface area contributed by atoms with E-state index in [1.807, 2.05) is 0 Å². The van der Waals surface area contributed by atoms with Gasteiger partial charge in [-0.25, -0.2) is 0 Å². The maximum atomic E-state index is 11.6. The van der Waals surface area contributed by atoms with Crippen LogP contribution in [0.2, 0.25) is 0 Å². The van der Waals surface area contributed by atoms with Crippen molar-refractivity contribution in [3.05, 3.63) is 22.7 Å². The van der Waals surface area contributed by atoms with E-state index in [0.717, 1.165) is 4.47 Å². The van der Waals surface area contributed by atoms with E-state index in [1.165, 1.54) is 4.90 Å². The number of anilines is 1. The molecule has 0 fully saturated rings. The number of amides is 2. The van der Waals surface area contributed by atoms with Gasteiger partial charge < -0.3 is 10.5 Å². The van der Waals surface area contributed by atoms with Crippen LogP contribution in [0.4, 0.5) is 5.69 Å². The van der Waals surface area contributed by atoms with E-state index >= 15 is 0 Å². The van der Waals surface area contributed by atoms with Crippen LogP contribution in [-0.2, 0) is 9.59 Å². The lowest BCUT2D eigenvalue weighted by atomic mass is 10.2. The minimum atomic E-state index is -0.552. The Balaban J connectivity index is 2.40. The molecule has 1 aliphatic rings. The Morgan fingerprint density at radius 2 is 2.31 bits per heavy atom. The zero-order valence-electron chi connectivity index (χ0n) is 8.27. The minimum absolute atomic E-state index is 0.0727. The summed E-state index contributed by atoms with van der Waals surface area (Å²) in [6.45, 7) is -0.201. The molecule has 2 amide bonds. The lowest BCUT2D eigenvalue weighted by molar-refractivity contribution is -0.124. The third-order valence-electron chi connectivity index (χ3n) is 2.18. The topological polar surface area (TPSA) is 72.6 Å². The second-order valence-corrected chi connectivity index (χ2v) is 4.26. The highest BCUT2D eigenvalue weighted by atomic mass is 79.9. The van der Waals surface area contributed by atoms with Gasteiger partial charge in [-0.3, -0.25) is 14.5 Å². The van der Waals surface area contributed by atoms with Crippen LogP contribution in [0, 0.1) is 0 Å².